The van der Waals surface area contributed by atoms with Crippen LogP contribution in [0.4, 0.5) is 0 Å². The third-order valence-corrected chi connectivity index (χ3v) is 0.994. The van der Waals surface area contributed by atoms with Crippen LogP contribution in [0.25, 0.3) is 0 Å². The molecule has 0 aliphatic carbocycles. The van der Waals surface area contributed by atoms with E-state index in [0.29, 0.717) is 0 Å². The Labute approximate surface area is 89.0 Å². The number of carbonyl (C=O) groups excluding carboxylic acids is 2. The predicted molar refractivity (Wildman–Crippen MR) is 54.8 cm³/mol. The second-order valence-corrected chi connectivity index (χ2v) is 2.51. The molecule has 0 spiro atoms. The molecule has 86 valence electrons. The minimum atomic E-state index is -1.05. The van der Waals surface area contributed by atoms with Gasteiger partial charge in [0.05, 0.1) is 7.11 Å². The Morgan fingerprint density at radius 2 is 1.93 bits per heavy atom. The molecule has 15 heavy (non-hydrogen) atoms. The average molecular weight is 216 g/mol. The molecule has 0 saturated carbocycles. The molecule has 1 N–H and O–H groups in total. The molecule has 0 bridgehead atoms. The Kier molecular flexibility index (Phi) is 9.45. The van der Waals surface area contributed by atoms with Crippen LogP contribution < -0.4 is 0 Å². The zero-order valence-electron chi connectivity index (χ0n) is 9.15. The lowest BCUT2D eigenvalue weighted by Crippen LogP contribution is -2.13. The van der Waals surface area contributed by atoms with Crippen molar-refractivity contribution in [3.63, 3.8) is 0 Å². The van der Waals surface area contributed by atoms with E-state index in [2.05, 4.69) is 22.6 Å². The molecular formula is C10H16O5. The molecule has 1 unspecified atom stereocenters. The summed E-state index contributed by atoms with van der Waals surface area (Å²) in [6.45, 7) is 9.36. The maximum absolute atomic E-state index is 10.5. The van der Waals surface area contributed by atoms with E-state index in [0.717, 1.165) is 6.08 Å². The number of esters is 2. The van der Waals surface area contributed by atoms with Gasteiger partial charge in [-0.1, -0.05) is 13.2 Å². The quantitative estimate of drug-likeness (QED) is 0.429. The summed E-state index contributed by atoms with van der Waals surface area (Å²) in [6.07, 6.45) is 0.0641. The summed E-state index contributed by atoms with van der Waals surface area (Å²) < 4.78 is 8.47. The minimum Gasteiger partial charge on any atom is -0.466 e. The van der Waals surface area contributed by atoms with Crippen LogP contribution in [0.3, 0.4) is 0 Å². The molecule has 0 amide bonds. The molecular weight excluding hydrogens is 200 g/mol. The molecule has 5 nitrogen and oxygen atoms in total. The Morgan fingerprint density at radius 1 is 1.47 bits per heavy atom. The molecule has 0 aromatic rings. The summed E-state index contributed by atoms with van der Waals surface area (Å²) in [5.41, 5.74) is 0.288. The van der Waals surface area contributed by atoms with Crippen LogP contribution in [0, 0.1) is 0 Å². The van der Waals surface area contributed by atoms with Gasteiger partial charge < -0.3 is 14.6 Å². The number of carbonyl (C=O) groups is 2. The molecule has 0 aromatic carbocycles. The van der Waals surface area contributed by atoms with Crippen molar-refractivity contribution >= 4 is 11.9 Å². The smallest absolute Gasteiger partial charge is 0.335 e. The van der Waals surface area contributed by atoms with Gasteiger partial charge in [0.25, 0.3) is 0 Å². The zero-order valence-corrected chi connectivity index (χ0v) is 9.15. The highest BCUT2D eigenvalue weighted by molar-refractivity contribution is 5.86. The minimum absolute atomic E-state index is 0.288. The lowest BCUT2D eigenvalue weighted by Gasteiger charge is -2.04. The average Bonchev–Trinajstić information content (AvgIpc) is 2.16. The van der Waals surface area contributed by atoms with Gasteiger partial charge in [0.2, 0.25) is 0 Å². The van der Waals surface area contributed by atoms with Gasteiger partial charge >= 0.3 is 11.9 Å². The molecule has 0 radical (unpaired) electrons. The van der Waals surface area contributed by atoms with Gasteiger partial charge in [-0.15, -0.1) is 0 Å². The molecule has 0 aromatic heterocycles. The van der Waals surface area contributed by atoms with Crippen molar-refractivity contribution in [1.82, 2.24) is 0 Å². The van der Waals surface area contributed by atoms with Gasteiger partial charge in [-0.2, -0.15) is 0 Å². The lowest BCUT2D eigenvalue weighted by molar-refractivity contribution is -0.159. The van der Waals surface area contributed by atoms with Crippen molar-refractivity contribution in [1.29, 1.82) is 0 Å². The largest absolute Gasteiger partial charge is 0.466 e. The summed E-state index contributed by atoms with van der Waals surface area (Å²) in [4.78, 5) is 20.3. The maximum atomic E-state index is 10.5. The third-order valence-electron chi connectivity index (χ3n) is 0.994. The molecule has 0 aliphatic rings. The third kappa shape index (κ3) is 12.4. The van der Waals surface area contributed by atoms with Gasteiger partial charge in [-0.25, -0.2) is 9.59 Å². The van der Waals surface area contributed by atoms with Crippen molar-refractivity contribution in [3.05, 3.63) is 24.8 Å². The molecule has 5 heteroatoms. The summed E-state index contributed by atoms with van der Waals surface area (Å²) in [7, 11) is 1.31. The first-order valence-electron chi connectivity index (χ1n) is 4.10. The Morgan fingerprint density at radius 3 is 2.00 bits per heavy atom. The van der Waals surface area contributed by atoms with Crippen molar-refractivity contribution in [2.75, 3.05) is 7.11 Å². The topological polar surface area (TPSA) is 72.8 Å². The number of hydrogen-bond acceptors (Lipinski definition) is 5. The first-order valence-corrected chi connectivity index (χ1v) is 4.10. The van der Waals surface area contributed by atoms with Gasteiger partial charge in [0, 0.05) is 11.6 Å². The van der Waals surface area contributed by atoms with Crippen molar-refractivity contribution in [3.8, 4) is 0 Å². The number of hydrogen-bond donors (Lipinski definition) is 1. The highest BCUT2D eigenvalue weighted by atomic mass is 16.6. The molecule has 1 atom stereocenters. The summed E-state index contributed by atoms with van der Waals surface area (Å²) >= 11 is 0. The number of rotatable bonds is 3. The first kappa shape index (κ1) is 15.8. The zero-order chi connectivity index (χ0) is 12.4. The second kappa shape index (κ2) is 8.96. The first-order chi connectivity index (χ1) is 6.84. The molecule has 0 fully saturated rings. The van der Waals surface area contributed by atoms with Gasteiger partial charge in [-0.3, -0.25) is 0 Å². The van der Waals surface area contributed by atoms with E-state index in [9.17, 15) is 9.59 Å². The van der Waals surface area contributed by atoms with E-state index in [1.165, 1.54) is 21.0 Å². The molecule has 0 heterocycles. The van der Waals surface area contributed by atoms with Gasteiger partial charge in [-0.05, 0) is 13.8 Å². The van der Waals surface area contributed by atoms with E-state index in [4.69, 9.17) is 5.11 Å². The van der Waals surface area contributed by atoms with Crippen LogP contribution >= 0.6 is 0 Å². The van der Waals surface area contributed by atoms with E-state index in [1.807, 2.05) is 0 Å². The number of methoxy groups -OCH3 is 1. The van der Waals surface area contributed by atoms with Crippen LogP contribution in [0.1, 0.15) is 13.8 Å². The summed E-state index contributed by atoms with van der Waals surface area (Å²) in [5, 5.41) is 8.49. The number of aliphatic hydroxyl groups is 1. The Hall–Kier alpha value is -1.62. The van der Waals surface area contributed by atoms with Crippen molar-refractivity contribution < 1.29 is 24.2 Å². The monoisotopic (exact) mass is 216 g/mol. The normalized spacial score (nSPS) is 10.1. The highest BCUT2D eigenvalue weighted by Gasteiger charge is 2.04. The summed E-state index contributed by atoms with van der Waals surface area (Å²) in [5.74, 6) is -0.958. The van der Waals surface area contributed by atoms with E-state index in [-0.39, 0.29) is 5.57 Å². The van der Waals surface area contributed by atoms with E-state index < -0.39 is 18.2 Å². The van der Waals surface area contributed by atoms with Crippen LogP contribution in [0.15, 0.2) is 24.8 Å². The van der Waals surface area contributed by atoms with Crippen LogP contribution in [-0.4, -0.2) is 30.4 Å². The summed E-state index contributed by atoms with van der Waals surface area (Å²) in [6, 6.07) is 0. The SMILES string of the molecule is C=C(C)C(=O)OC(C)O.C=CC(=O)OC. The fourth-order valence-corrected chi connectivity index (χ4v) is 0.339. The molecule has 0 saturated heterocycles. The van der Waals surface area contributed by atoms with Gasteiger partial charge in [0.1, 0.15) is 0 Å². The highest BCUT2D eigenvalue weighted by Crippen LogP contribution is 1.94. The maximum Gasteiger partial charge on any atom is 0.335 e. The predicted octanol–water partition coefficient (Wildman–Crippen LogP) is 0.789. The van der Waals surface area contributed by atoms with Crippen LogP contribution in [0.2, 0.25) is 0 Å². The van der Waals surface area contributed by atoms with Crippen LogP contribution in [-0.2, 0) is 19.1 Å². The standard InChI is InChI=1S/C6H10O3.C4H6O2/c1-4(2)6(8)9-5(3)7;1-3-4(5)6-2/h5,7H,1H2,2-3H3;3H,1H2,2H3. The fraction of sp³-hybridized carbons (Fsp3) is 0.400. The number of ether oxygens (including phenoxy) is 2. The van der Waals surface area contributed by atoms with Crippen molar-refractivity contribution in [2.45, 2.75) is 20.1 Å². The fourth-order valence-electron chi connectivity index (χ4n) is 0.339. The van der Waals surface area contributed by atoms with E-state index >= 15 is 0 Å². The van der Waals surface area contributed by atoms with Gasteiger partial charge in [0.15, 0.2) is 6.29 Å². The van der Waals surface area contributed by atoms with Crippen LogP contribution in [0.5, 0.6) is 0 Å². The molecule has 0 aliphatic heterocycles. The Balaban J connectivity index is 0. The van der Waals surface area contributed by atoms with Crippen molar-refractivity contribution in [2.24, 2.45) is 0 Å². The number of aliphatic hydroxyl groups excluding tert-OH is 1. The lowest BCUT2D eigenvalue weighted by atomic mass is 10.4. The molecule has 0 rings (SSSR count). The van der Waals surface area contributed by atoms with E-state index in [1.54, 1.807) is 0 Å². The second-order valence-electron chi connectivity index (χ2n) is 2.51. The Bertz CT molecular complexity index is 242.